The number of carboxylic acids is 1. The average molecular weight is 256 g/mol. The second kappa shape index (κ2) is 5.57. The van der Waals surface area contributed by atoms with Crippen molar-refractivity contribution in [3.8, 4) is 5.75 Å². The number of carboxylic acid groups (broad SMARTS) is 1. The number of benzene rings is 2. The van der Waals surface area contributed by atoms with Crippen molar-refractivity contribution in [2.24, 2.45) is 0 Å². The summed E-state index contributed by atoms with van der Waals surface area (Å²) in [5.74, 6) is -0.568. The molecule has 0 aliphatic rings. The Morgan fingerprint density at radius 1 is 1.05 bits per heavy atom. The number of aryl methyl sites for hydroxylation is 2. The molecule has 0 atom stereocenters. The molecule has 0 saturated carbocycles. The fourth-order valence-electron chi connectivity index (χ4n) is 1.78. The maximum Gasteiger partial charge on any atom is 0.339 e. The SMILES string of the molecule is Cc1ccc(COc2ccc(C)cc2C(=O)O)cc1. The van der Waals surface area contributed by atoms with Gasteiger partial charge in [0.1, 0.15) is 17.9 Å². The van der Waals surface area contributed by atoms with E-state index in [2.05, 4.69) is 0 Å². The van der Waals surface area contributed by atoms with E-state index in [0.717, 1.165) is 11.1 Å². The molecule has 19 heavy (non-hydrogen) atoms. The van der Waals surface area contributed by atoms with Crippen molar-refractivity contribution in [2.75, 3.05) is 0 Å². The first kappa shape index (κ1) is 13.1. The van der Waals surface area contributed by atoms with Gasteiger partial charge in [0.25, 0.3) is 0 Å². The smallest absolute Gasteiger partial charge is 0.339 e. The third-order valence-corrected chi connectivity index (χ3v) is 2.88. The molecule has 2 aromatic carbocycles. The fraction of sp³-hybridized carbons (Fsp3) is 0.188. The Morgan fingerprint density at radius 3 is 2.32 bits per heavy atom. The van der Waals surface area contributed by atoms with Crippen LogP contribution in [-0.2, 0) is 6.61 Å². The van der Waals surface area contributed by atoms with Gasteiger partial charge in [-0.2, -0.15) is 0 Å². The molecule has 0 radical (unpaired) electrons. The van der Waals surface area contributed by atoms with E-state index in [-0.39, 0.29) is 5.56 Å². The molecule has 3 heteroatoms. The Hall–Kier alpha value is -2.29. The first-order chi connectivity index (χ1) is 9.06. The molecule has 3 nitrogen and oxygen atoms in total. The van der Waals surface area contributed by atoms with Crippen molar-refractivity contribution in [3.63, 3.8) is 0 Å². The minimum absolute atomic E-state index is 0.201. The standard InChI is InChI=1S/C16H16O3/c1-11-3-6-13(7-4-11)10-19-15-8-5-12(2)9-14(15)16(17)18/h3-9H,10H2,1-2H3,(H,17,18). The van der Waals surface area contributed by atoms with Crippen LogP contribution in [-0.4, -0.2) is 11.1 Å². The zero-order chi connectivity index (χ0) is 13.8. The van der Waals surface area contributed by atoms with Crippen LogP contribution < -0.4 is 4.74 Å². The highest BCUT2D eigenvalue weighted by Crippen LogP contribution is 2.21. The van der Waals surface area contributed by atoms with Crippen LogP contribution in [0.3, 0.4) is 0 Å². The molecule has 0 aliphatic heterocycles. The van der Waals surface area contributed by atoms with Gasteiger partial charge in [-0.25, -0.2) is 4.79 Å². The monoisotopic (exact) mass is 256 g/mol. The zero-order valence-corrected chi connectivity index (χ0v) is 11.0. The summed E-state index contributed by atoms with van der Waals surface area (Å²) in [6, 6.07) is 13.1. The Kier molecular flexibility index (Phi) is 3.85. The van der Waals surface area contributed by atoms with Crippen LogP contribution in [0.5, 0.6) is 5.75 Å². The van der Waals surface area contributed by atoms with Crippen LogP contribution in [0.25, 0.3) is 0 Å². The lowest BCUT2D eigenvalue weighted by Gasteiger charge is -2.10. The van der Waals surface area contributed by atoms with Crippen LogP contribution in [0.2, 0.25) is 0 Å². The van der Waals surface area contributed by atoms with E-state index in [9.17, 15) is 4.79 Å². The average Bonchev–Trinajstić information content (AvgIpc) is 2.39. The van der Waals surface area contributed by atoms with Gasteiger partial charge in [-0.1, -0.05) is 41.5 Å². The molecular formula is C16H16O3. The Labute approximate surface area is 112 Å². The Morgan fingerprint density at radius 2 is 1.68 bits per heavy atom. The minimum atomic E-state index is -0.970. The van der Waals surface area contributed by atoms with Crippen molar-refractivity contribution in [3.05, 3.63) is 64.7 Å². The van der Waals surface area contributed by atoms with E-state index < -0.39 is 5.97 Å². The Bertz CT molecular complexity index is 585. The van der Waals surface area contributed by atoms with E-state index in [1.807, 2.05) is 44.2 Å². The molecule has 2 rings (SSSR count). The molecule has 0 amide bonds. The molecular weight excluding hydrogens is 240 g/mol. The van der Waals surface area contributed by atoms with Crippen LogP contribution >= 0.6 is 0 Å². The van der Waals surface area contributed by atoms with Gasteiger partial charge in [-0.3, -0.25) is 0 Å². The van der Waals surface area contributed by atoms with Crippen LogP contribution in [0.15, 0.2) is 42.5 Å². The Balaban J connectivity index is 2.15. The summed E-state index contributed by atoms with van der Waals surface area (Å²) in [4.78, 5) is 11.1. The normalized spacial score (nSPS) is 10.2. The summed E-state index contributed by atoms with van der Waals surface area (Å²) in [5, 5.41) is 9.14. The van der Waals surface area contributed by atoms with E-state index in [1.54, 1.807) is 12.1 Å². The molecule has 0 aromatic heterocycles. The van der Waals surface area contributed by atoms with Crippen molar-refractivity contribution >= 4 is 5.97 Å². The lowest BCUT2D eigenvalue weighted by molar-refractivity contribution is 0.0691. The maximum atomic E-state index is 11.1. The lowest BCUT2D eigenvalue weighted by atomic mass is 10.1. The highest BCUT2D eigenvalue weighted by atomic mass is 16.5. The van der Waals surface area contributed by atoms with Crippen LogP contribution in [0.1, 0.15) is 27.0 Å². The van der Waals surface area contributed by atoms with E-state index in [4.69, 9.17) is 9.84 Å². The van der Waals surface area contributed by atoms with Crippen molar-refractivity contribution in [2.45, 2.75) is 20.5 Å². The molecule has 0 aliphatic carbocycles. The minimum Gasteiger partial charge on any atom is -0.488 e. The van der Waals surface area contributed by atoms with Gasteiger partial charge < -0.3 is 9.84 Å². The van der Waals surface area contributed by atoms with E-state index in [1.165, 1.54) is 5.56 Å². The topological polar surface area (TPSA) is 46.5 Å². The summed E-state index contributed by atoms with van der Waals surface area (Å²) in [7, 11) is 0. The molecule has 1 N–H and O–H groups in total. The van der Waals surface area contributed by atoms with Gasteiger partial charge >= 0.3 is 5.97 Å². The van der Waals surface area contributed by atoms with Crippen molar-refractivity contribution in [1.29, 1.82) is 0 Å². The number of rotatable bonds is 4. The van der Waals surface area contributed by atoms with Crippen molar-refractivity contribution < 1.29 is 14.6 Å². The van der Waals surface area contributed by atoms with Gasteiger partial charge in [-0.05, 0) is 31.5 Å². The summed E-state index contributed by atoms with van der Waals surface area (Å²) < 4.78 is 5.60. The van der Waals surface area contributed by atoms with Gasteiger partial charge in [-0.15, -0.1) is 0 Å². The number of carbonyl (C=O) groups is 1. The first-order valence-electron chi connectivity index (χ1n) is 6.08. The third-order valence-electron chi connectivity index (χ3n) is 2.88. The third kappa shape index (κ3) is 3.35. The molecule has 2 aromatic rings. The summed E-state index contributed by atoms with van der Waals surface area (Å²) in [6.45, 7) is 4.24. The fourth-order valence-corrected chi connectivity index (χ4v) is 1.78. The van der Waals surface area contributed by atoms with Crippen LogP contribution in [0.4, 0.5) is 0 Å². The largest absolute Gasteiger partial charge is 0.488 e. The van der Waals surface area contributed by atoms with E-state index in [0.29, 0.717) is 12.4 Å². The lowest BCUT2D eigenvalue weighted by Crippen LogP contribution is -2.03. The second-order valence-electron chi connectivity index (χ2n) is 4.58. The molecule has 0 fully saturated rings. The highest BCUT2D eigenvalue weighted by molar-refractivity contribution is 5.91. The molecule has 0 saturated heterocycles. The van der Waals surface area contributed by atoms with Gasteiger partial charge in [0, 0.05) is 0 Å². The maximum absolute atomic E-state index is 11.1. The molecule has 0 spiro atoms. The van der Waals surface area contributed by atoms with E-state index >= 15 is 0 Å². The molecule has 0 unspecified atom stereocenters. The zero-order valence-electron chi connectivity index (χ0n) is 11.0. The van der Waals surface area contributed by atoms with Crippen molar-refractivity contribution in [1.82, 2.24) is 0 Å². The highest BCUT2D eigenvalue weighted by Gasteiger charge is 2.11. The summed E-state index contributed by atoms with van der Waals surface area (Å²) in [5.41, 5.74) is 3.31. The number of ether oxygens (including phenoxy) is 1. The van der Waals surface area contributed by atoms with Gasteiger partial charge in [0.2, 0.25) is 0 Å². The summed E-state index contributed by atoms with van der Waals surface area (Å²) >= 11 is 0. The quantitative estimate of drug-likeness (QED) is 0.909. The van der Waals surface area contributed by atoms with Gasteiger partial charge in [0.15, 0.2) is 0 Å². The number of hydrogen-bond acceptors (Lipinski definition) is 2. The predicted octanol–water partition coefficient (Wildman–Crippen LogP) is 3.58. The van der Waals surface area contributed by atoms with Crippen LogP contribution in [0, 0.1) is 13.8 Å². The number of aromatic carboxylic acids is 1. The predicted molar refractivity (Wildman–Crippen MR) is 73.6 cm³/mol. The summed E-state index contributed by atoms with van der Waals surface area (Å²) in [6.07, 6.45) is 0. The molecule has 0 heterocycles. The molecule has 0 bridgehead atoms. The molecule has 98 valence electrons. The van der Waals surface area contributed by atoms with Gasteiger partial charge in [0.05, 0.1) is 0 Å². The number of hydrogen-bond donors (Lipinski definition) is 1. The first-order valence-corrected chi connectivity index (χ1v) is 6.08. The second-order valence-corrected chi connectivity index (χ2v) is 4.58.